The standard InChI is InChI=1S/C33H24Cl2F3N5O/c34-24-11-6-12-25(35)21(24)17-42-18-22(31(41-42)19-8-2-1-3-9-19)29-20(16-39)32(40)43(27-14-7-15-28(44)30(27)29)26-13-5-4-10-23(26)33(36,37)38/h1-6,8-13,18,29H,7,14-15,17,40H2. The van der Waals surface area contributed by atoms with E-state index in [2.05, 4.69) is 6.07 Å². The number of aromatic nitrogens is 2. The third-order valence-electron chi connectivity index (χ3n) is 7.89. The minimum atomic E-state index is -4.69. The van der Waals surface area contributed by atoms with Gasteiger partial charge < -0.3 is 5.73 Å². The Kier molecular flexibility index (Phi) is 7.74. The molecule has 0 fully saturated rings. The van der Waals surface area contributed by atoms with Crippen molar-refractivity contribution in [3.05, 3.63) is 128 Å². The highest BCUT2D eigenvalue weighted by Gasteiger charge is 2.44. The summed E-state index contributed by atoms with van der Waals surface area (Å²) in [6.07, 6.45) is -2.05. The fraction of sp³-hybridized carbons (Fsp3) is 0.182. The Bertz CT molecular complexity index is 1870. The second-order valence-electron chi connectivity index (χ2n) is 10.5. The van der Waals surface area contributed by atoms with Crippen LogP contribution < -0.4 is 10.6 Å². The van der Waals surface area contributed by atoms with E-state index in [1.54, 1.807) is 29.1 Å². The largest absolute Gasteiger partial charge is 0.418 e. The number of nitriles is 1. The van der Waals surface area contributed by atoms with Crippen molar-refractivity contribution >= 4 is 34.7 Å². The average molecular weight is 634 g/mol. The molecule has 1 aromatic heterocycles. The van der Waals surface area contributed by atoms with Gasteiger partial charge in [-0.3, -0.25) is 14.4 Å². The molecule has 6 nitrogen and oxygen atoms in total. The molecule has 1 unspecified atom stereocenters. The van der Waals surface area contributed by atoms with Crippen LogP contribution in [-0.2, 0) is 17.5 Å². The molecule has 1 aliphatic carbocycles. The number of Topliss-reactive ketones (excluding diaryl/α,β-unsaturated/α-hetero) is 1. The summed E-state index contributed by atoms with van der Waals surface area (Å²) in [7, 11) is 0. The number of alkyl halides is 3. The SMILES string of the molecule is N#CC1=C(N)N(c2ccccc2C(F)(F)F)C2=C(C(=O)CCC2)C1c1cn(Cc2c(Cl)cccc2Cl)nc1-c1ccccc1. The number of nitrogens with zero attached hydrogens (tertiary/aromatic N) is 4. The van der Waals surface area contributed by atoms with E-state index in [0.717, 1.165) is 11.6 Å². The van der Waals surface area contributed by atoms with Gasteiger partial charge >= 0.3 is 6.18 Å². The lowest BCUT2D eigenvalue weighted by Gasteiger charge is -2.40. The third-order valence-corrected chi connectivity index (χ3v) is 8.60. The maximum Gasteiger partial charge on any atom is 0.418 e. The molecule has 0 radical (unpaired) electrons. The number of rotatable bonds is 5. The molecule has 6 rings (SSSR count). The second-order valence-corrected chi connectivity index (χ2v) is 11.3. The first-order valence-electron chi connectivity index (χ1n) is 13.8. The molecule has 11 heteroatoms. The number of nitrogens with two attached hydrogens (primary N) is 1. The predicted molar refractivity (Wildman–Crippen MR) is 163 cm³/mol. The van der Waals surface area contributed by atoms with Crippen molar-refractivity contribution in [2.45, 2.75) is 37.9 Å². The Morgan fingerprint density at radius 2 is 1.66 bits per heavy atom. The topological polar surface area (TPSA) is 87.9 Å². The van der Waals surface area contributed by atoms with Crippen LogP contribution in [-0.4, -0.2) is 15.6 Å². The smallest absolute Gasteiger partial charge is 0.384 e. The van der Waals surface area contributed by atoms with E-state index < -0.39 is 17.7 Å². The summed E-state index contributed by atoms with van der Waals surface area (Å²) in [5.41, 5.74) is 8.38. The zero-order chi connectivity index (χ0) is 31.2. The maximum absolute atomic E-state index is 14.2. The van der Waals surface area contributed by atoms with Crippen LogP contribution >= 0.6 is 23.2 Å². The van der Waals surface area contributed by atoms with Gasteiger partial charge in [-0.1, -0.05) is 71.7 Å². The molecule has 3 aromatic carbocycles. The van der Waals surface area contributed by atoms with Crippen LogP contribution in [0.2, 0.25) is 10.0 Å². The van der Waals surface area contributed by atoms with Gasteiger partial charge in [-0.25, -0.2) is 0 Å². The van der Waals surface area contributed by atoms with Crippen LogP contribution in [0.4, 0.5) is 18.9 Å². The Morgan fingerprint density at radius 1 is 0.977 bits per heavy atom. The van der Waals surface area contributed by atoms with Crippen molar-refractivity contribution in [1.82, 2.24) is 9.78 Å². The highest BCUT2D eigenvalue weighted by atomic mass is 35.5. The molecule has 2 N–H and O–H groups in total. The first-order chi connectivity index (χ1) is 21.1. The second kappa shape index (κ2) is 11.5. The van der Waals surface area contributed by atoms with E-state index in [9.17, 15) is 23.2 Å². The number of allylic oxidation sites excluding steroid dienone is 3. The summed E-state index contributed by atoms with van der Waals surface area (Å²) >= 11 is 12.9. The number of para-hydroxylation sites is 1. The lowest BCUT2D eigenvalue weighted by atomic mass is 9.75. The van der Waals surface area contributed by atoms with Crippen LogP contribution in [0.15, 0.2) is 102 Å². The lowest BCUT2D eigenvalue weighted by molar-refractivity contribution is -0.137. The molecule has 1 aliphatic heterocycles. The van der Waals surface area contributed by atoms with Crippen molar-refractivity contribution in [2.75, 3.05) is 4.90 Å². The summed E-state index contributed by atoms with van der Waals surface area (Å²) in [6, 6.07) is 21.6. The molecule has 222 valence electrons. The van der Waals surface area contributed by atoms with Gasteiger partial charge in [0, 0.05) is 50.6 Å². The summed E-state index contributed by atoms with van der Waals surface area (Å²) in [5.74, 6) is -1.38. The van der Waals surface area contributed by atoms with Gasteiger partial charge in [0.1, 0.15) is 5.82 Å². The summed E-state index contributed by atoms with van der Waals surface area (Å²) < 4.78 is 44.1. The van der Waals surface area contributed by atoms with E-state index in [-0.39, 0.29) is 41.4 Å². The third kappa shape index (κ3) is 5.14. The molecule has 0 bridgehead atoms. The molecule has 0 amide bonds. The molecule has 0 saturated heterocycles. The van der Waals surface area contributed by atoms with E-state index in [1.807, 2.05) is 30.3 Å². The van der Waals surface area contributed by atoms with E-state index in [4.69, 9.17) is 34.0 Å². The van der Waals surface area contributed by atoms with Crippen LogP contribution in [0.25, 0.3) is 11.3 Å². The number of hydrogen-bond donors (Lipinski definition) is 1. The van der Waals surface area contributed by atoms with Crippen molar-refractivity contribution in [2.24, 2.45) is 5.73 Å². The van der Waals surface area contributed by atoms with Crippen molar-refractivity contribution in [1.29, 1.82) is 5.26 Å². The van der Waals surface area contributed by atoms with E-state index in [1.165, 1.54) is 23.1 Å². The summed E-state index contributed by atoms with van der Waals surface area (Å²) in [5, 5.41) is 16.2. The molecular weight excluding hydrogens is 610 g/mol. The molecule has 2 heterocycles. The number of hydrogen-bond acceptors (Lipinski definition) is 5. The van der Waals surface area contributed by atoms with Crippen LogP contribution in [0.3, 0.4) is 0 Å². The number of ketones is 1. The van der Waals surface area contributed by atoms with E-state index >= 15 is 0 Å². The van der Waals surface area contributed by atoms with Gasteiger partial charge in [0.2, 0.25) is 0 Å². The maximum atomic E-state index is 14.2. The van der Waals surface area contributed by atoms with Gasteiger partial charge in [-0.05, 0) is 37.1 Å². The Morgan fingerprint density at radius 3 is 2.34 bits per heavy atom. The highest BCUT2D eigenvalue weighted by molar-refractivity contribution is 6.36. The highest BCUT2D eigenvalue weighted by Crippen LogP contribution is 2.50. The van der Waals surface area contributed by atoms with Gasteiger partial charge in [0.05, 0.1) is 41.0 Å². The Hall–Kier alpha value is -4.52. The van der Waals surface area contributed by atoms with Gasteiger partial charge in [-0.2, -0.15) is 23.5 Å². The Labute approximate surface area is 261 Å². The Balaban J connectivity index is 1.59. The first kappa shape index (κ1) is 29.5. The van der Waals surface area contributed by atoms with Crippen molar-refractivity contribution in [3.8, 4) is 17.3 Å². The predicted octanol–water partition coefficient (Wildman–Crippen LogP) is 8.23. The molecule has 44 heavy (non-hydrogen) atoms. The lowest BCUT2D eigenvalue weighted by Crippen LogP contribution is -2.39. The van der Waals surface area contributed by atoms with E-state index in [0.29, 0.717) is 45.4 Å². The van der Waals surface area contributed by atoms with Gasteiger partial charge in [0.25, 0.3) is 0 Å². The molecule has 0 spiro atoms. The summed E-state index contributed by atoms with van der Waals surface area (Å²) in [6.45, 7) is 0.192. The fourth-order valence-electron chi connectivity index (χ4n) is 5.98. The minimum Gasteiger partial charge on any atom is -0.384 e. The molecule has 1 atom stereocenters. The van der Waals surface area contributed by atoms with Gasteiger partial charge in [0.15, 0.2) is 5.78 Å². The number of halogens is 5. The normalized spacial score (nSPS) is 17.1. The zero-order valence-corrected chi connectivity index (χ0v) is 24.6. The molecule has 2 aliphatic rings. The van der Waals surface area contributed by atoms with Crippen LogP contribution in [0.5, 0.6) is 0 Å². The number of carbonyl (C=O) groups is 1. The van der Waals surface area contributed by atoms with Crippen molar-refractivity contribution in [3.63, 3.8) is 0 Å². The zero-order valence-electron chi connectivity index (χ0n) is 23.1. The molecule has 4 aromatic rings. The van der Waals surface area contributed by atoms with Crippen LogP contribution in [0, 0.1) is 11.3 Å². The van der Waals surface area contributed by atoms with Crippen molar-refractivity contribution < 1.29 is 18.0 Å². The quantitative estimate of drug-likeness (QED) is 0.239. The summed E-state index contributed by atoms with van der Waals surface area (Å²) in [4.78, 5) is 15.0. The van der Waals surface area contributed by atoms with Gasteiger partial charge in [-0.15, -0.1) is 0 Å². The molecular formula is C33H24Cl2F3N5O. The first-order valence-corrected chi connectivity index (χ1v) is 14.5. The number of carbonyl (C=O) groups excluding carboxylic acids is 1. The number of benzene rings is 3. The minimum absolute atomic E-state index is 0.0384. The average Bonchev–Trinajstić information content (AvgIpc) is 3.42. The number of anilines is 1. The monoisotopic (exact) mass is 633 g/mol. The molecule has 0 saturated carbocycles. The fourth-order valence-corrected chi connectivity index (χ4v) is 6.49. The van der Waals surface area contributed by atoms with Crippen LogP contribution in [0.1, 0.15) is 41.9 Å².